The molecule has 112 valence electrons. The Hall–Kier alpha value is -1.63. The second-order valence-electron chi connectivity index (χ2n) is 4.83. The van der Waals surface area contributed by atoms with Gasteiger partial charge in [-0.15, -0.1) is 0 Å². The van der Waals surface area contributed by atoms with Crippen molar-refractivity contribution >= 4 is 21.4 Å². The van der Waals surface area contributed by atoms with Crippen LogP contribution in [0.2, 0.25) is 0 Å². The number of nitrogens with zero attached hydrogens (tertiary/aromatic N) is 1. The molecule has 1 unspecified atom stereocenters. The summed E-state index contributed by atoms with van der Waals surface area (Å²) in [5.74, 6) is -0.460. The average Bonchev–Trinajstić information content (AvgIpc) is 2.34. The maximum atomic E-state index is 11.9. The van der Waals surface area contributed by atoms with Crippen molar-refractivity contribution in [2.75, 3.05) is 23.9 Å². The smallest absolute Gasteiger partial charge is 0.270 e. The zero-order chi connectivity index (χ0) is 15.2. The van der Waals surface area contributed by atoms with Gasteiger partial charge in [0.25, 0.3) is 5.91 Å². The van der Waals surface area contributed by atoms with Gasteiger partial charge < -0.3 is 10.6 Å². The minimum Gasteiger partial charge on any atom is -0.384 e. The summed E-state index contributed by atoms with van der Waals surface area (Å²) in [7, 11) is -3.11. The van der Waals surface area contributed by atoms with E-state index in [-0.39, 0.29) is 17.4 Å². The molecule has 0 saturated heterocycles. The Bertz CT molecular complexity index is 540. The highest BCUT2D eigenvalue weighted by Crippen LogP contribution is 2.06. The molecule has 0 bridgehead atoms. The zero-order valence-corrected chi connectivity index (χ0v) is 12.8. The summed E-state index contributed by atoms with van der Waals surface area (Å²) >= 11 is 0. The number of amides is 1. The molecule has 6 nitrogen and oxygen atoms in total. The lowest BCUT2D eigenvalue weighted by atomic mass is 10.3. The molecule has 1 rings (SSSR count). The molecule has 1 atom stereocenters. The number of anilines is 1. The van der Waals surface area contributed by atoms with Crippen molar-refractivity contribution in [3.63, 3.8) is 0 Å². The number of carbonyl (C=O) groups excluding carboxylic acids is 1. The molecule has 1 aromatic heterocycles. The third-order valence-corrected chi connectivity index (χ3v) is 3.61. The summed E-state index contributed by atoms with van der Waals surface area (Å²) in [5.41, 5.74) is 1.12. The summed E-state index contributed by atoms with van der Waals surface area (Å²) in [5, 5.41) is 5.77. The van der Waals surface area contributed by atoms with Crippen LogP contribution >= 0.6 is 0 Å². The van der Waals surface area contributed by atoms with E-state index in [1.54, 1.807) is 25.3 Å². The van der Waals surface area contributed by atoms with E-state index in [0.29, 0.717) is 0 Å². The van der Waals surface area contributed by atoms with Crippen molar-refractivity contribution in [3.05, 3.63) is 24.0 Å². The van der Waals surface area contributed by atoms with Crippen molar-refractivity contribution in [2.24, 2.45) is 0 Å². The first-order chi connectivity index (χ1) is 9.31. The normalized spacial score (nSPS) is 12.8. The SMILES string of the molecule is CCCNc1ccc(C(=O)NC(C)CS(C)(=O)=O)nc1. The van der Waals surface area contributed by atoms with Gasteiger partial charge in [0.05, 0.1) is 17.6 Å². The molecule has 2 N–H and O–H groups in total. The molecular formula is C13H21N3O3S. The fraction of sp³-hybridized carbons (Fsp3) is 0.538. The number of aromatic nitrogens is 1. The average molecular weight is 299 g/mol. The van der Waals surface area contributed by atoms with Crippen LogP contribution in [-0.2, 0) is 9.84 Å². The molecule has 7 heteroatoms. The van der Waals surface area contributed by atoms with Crippen molar-refractivity contribution in [1.82, 2.24) is 10.3 Å². The van der Waals surface area contributed by atoms with Gasteiger partial charge in [-0.25, -0.2) is 13.4 Å². The Kier molecular flexibility index (Phi) is 5.94. The highest BCUT2D eigenvalue weighted by atomic mass is 32.2. The molecule has 0 radical (unpaired) electrons. The summed E-state index contributed by atoms with van der Waals surface area (Å²) in [6.45, 7) is 4.56. The maximum Gasteiger partial charge on any atom is 0.270 e. The van der Waals surface area contributed by atoms with Crippen molar-refractivity contribution in [2.45, 2.75) is 26.3 Å². The Morgan fingerprint density at radius 2 is 2.10 bits per heavy atom. The topological polar surface area (TPSA) is 88.2 Å². The van der Waals surface area contributed by atoms with E-state index in [2.05, 4.69) is 22.5 Å². The second kappa shape index (κ2) is 7.23. The molecule has 0 fully saturated rings. The Labute approximate surface area is 119 Å². The van der Waals surface area contributed by atoms with Gasteiger partial charge in [0.2, 0.25) is 0 Å². The molecule has 1 amide bonds. The van der Waals surface area contributed by atoms with Crippen LogP contribution in [0.15, 0.2) is 18.3 Å². The number of rotatable bonds is 7. The molecule has 1 heterocycles. The quantitative estimate of drug-likeness (QED) is 0.786. The lowest BCUT2D eigenvalue weighted by molar-refractivity contribution is 0.0938. The highest BCUT2D eigenvalue weighted by Gasteiger charge is 2.15. The predicted octanol–water partition coefficient (Wildman–Crippen LogP) is 1.07. The van der Waals surface area contributed by atoms with Gasteiger partial charge in [0, 0.05) is 18.8 Å². The maximum absolute atomic E-state index is 11.9. The number of nitrogens with one attached hydrogen (secondary N) is 2. The van der Waals surface area contributed by atoms with Crippen LogP contribution in [0.4, 0.5) is 5.69 Å². The largest absolute Gasteiger partial charge is 0.384 e. The molecule has 0 spiro atoms. The van der Waals surface area contributed by atoms with Crippen LogP contribution in [0.5, 0.6) is 0 Å². The Balaban J connectivity index is 2.59. The van der Waals surface area contributed by atoms with Gasteiger partial charge in [0.1, 0.15) is 15.5 Å². The minimum absolute atomic E-state index is 0.0884. The number of hydrogen-bond donors (Lipinski definition) is 2. The van der Waals surface area contributed by atoms with Crippen molar-refractivity contribution < 1.29 is 13.2 Å². The first kappa shape index (κ1) is 16.4. The van der Waals surface area contributed by atoms with Crippen LogP contribution < -0.4 is 10.6 Å². The molecular weight excluding hydrogens is 278 g/mol. The fourth-order valence-corrected chi connectivity index (χ4v) is 2.69. The molecule has 0 aliphatic carbocycles. The standard InChI is InChI=1S/C13H21N3O3S/c1-4-7-14-11-5-6-12(15-8-11)13(17)16-10(2)9-20(3,18)19/h5-6,8,10,14H,4,7,9H2,1-3H3,(H,16,17). The molecule has 0 aromatic carbocycles. The molecule has 0 saturated carbocycles. The van der Waals surface area contributed by atoms with Crippen molar-refractivity contribution in [3.8, 4) is 0 Å². The number of hydrogen-bond acceptors (Lipinski definition) is 5. The van der Waals surface area contributed by atoms with Crippen LogP contribution in [0, 0.1) is 0 Å². The molecule has 0 aliphatic heterocycles. The number of sulfone groups is 1. The van der Waals surface area contributed by atoms with E-state index in [1.807, 2.05) is 0 Å². The predicted molar refractivity (Wildman–Crippen MR) is 79.7 cm³/mol. The van der Waals surface area contributed by atoms with E-state index in [9.17, 15) is 13.2 Å². The van der Waals surface area contributed by atoms with Crippen LogP contribution in [-0.4, -0.2) is 43.9 Å². The van der Waals surface area contributed by atoms with E-state index >= 15 is 0 Å². The van der Waals surface area contributed by atoms with E-state index in [1.165, 1.54) is 0 Å². The number of carbonyl (C=O) groups is 1. The van der Waals surface area contributed by atoms with Gasteiger partial charge in [-0.1, -0.05) is 6.92 Å². The number of pyridine rings is 1. The van der Waals surface area contributed by atoms with E-state index in [0.717, 1.165) is 24.9 Å². The molecule has 1 aromatic rings. The molecule has 0 aliphatic rings. The van der Waals surface area contributed by atoms with Crippen LogP contribution in [0.3, 0.4) is 0 Å². The second-order valence-corrected chi connectivity index (χ2v) is 7.01. The van der Waals surface area contributed by atoms with Gasteiger partial charge in [0.15, 0.2) is 0 Å². The Morgan fingerprint density at radius 1 is 1.40 bits per heavy atom. The highest BCUT2D eigenvalue weighted by molar-refractivity contribution is 7.90. The zero-order valence-electron chi connectivity index (χ0n) is 12.0. The fourth-order valence-electron chi connectivity index (χ4n) is 1.70. The van der Waals surface area contributed by atoms with Gasteiger partial charge in [-0.3, -0.25) is 4.79 Å². The summed E-state index contributed by atoms with van der Waals surface area (Å²) in [6, 6.07) is 2.94. The third-order valence-electron chi connectivity index (χ3n) is 2.51. The van der Waals surface area contributed by atoms with E-state index < -0.39 is 15.9 Å². The summed E-state index contributed by atoms with van der Waals surface area (Å²) < 4.78 is 22.3. The van der Waals surface area contributed by atoms with Crippen LogP contribution in [0.25, 0.3) is 0 Å². The summed E-state index contributed by atoms with van der Waals surface area (Å²) in [6.07, 6.45) is 3.74. The van der Waals surface area contributed by atoms with Gasteiger partial charge >= 0.3 is 0 Å². The first-order valence-electron chi connectivity index (χ1n) is 6.50. The lowest BCUT2D eigenvalue weighted by Gasteiger charge is -2.12. The third kappa shape index (κ3) is 6.01. The lowest BCUT2D eigenvalue weighted by Crippen LogP contribution is -2.37. The monoisotopic (exact) mass is 299 g/mol. The van der Waals surface area contributed by atoms with Crippen LogP contribution in [0.1, 0.15) is 30.8 Å². The Morgan fingerprint density at radius 3 is 2.60 bits per heavy atom. The van der Waals surface area contributed by atoms with E-state index in [4.69, 9.17) is 0 Å². The van der Waals surface area contributed by atoms with Crippen molar-refractivity contribution in [1.29, 1.82) is 0 Å². The molecule has 20 heavy (non-hydrogen) atoms. The first-order valence-corrected chi connectivity index (χ1v) is 8.56. The summed E-state index contributed by atoms with van der Waals surface area (Å²) in [4.78, 5) is 15.9. The van der Waals surface area contributed by atoms with Gasteiger partial charge in [-0.05, 0) is 25.5 Å². The van der Waals surface area contributed by atoms with Gasteiger partial charge in [-0.2, -0.15) is 0 Å². The minimum atomic E-state index is -3.11.